The third-order valence-corrected chi connectivity index (χ3v) is 4.47. The Morgan fingerprint density at radius 3 is 2.30 bits per heavy atom. The smallest absolute Gasteiger partial charge is 0.261 e. The second kappa shape index (κ2) is 9.58. The summed E-state index contributed by atoms with van der Waals surface area (Å²) in [5.74, 6) is -0.144. The van der Waals surface area contributed by atoms with E-state index in [1.807, 2.05) is 6.92 Å². The molecule has 0 spiro atoms. The average Bonchev–Trinajstić information content (AvgIpc) is 3.20. The molecule has 0 unspecified atom stereocenters. The predicted octanol–water partition coefficient (Wildman–Crippen LogP) is 1.56. The van der Waals surface area contributed by atoms with Gasteiger partial charge in [0.1, 0.15) is 0 Å². The molecule has 3 amide bonds. The second-order valence-electron chi connectivity index (χ2n) is 5.51. The lowest BCUT2D eigenvalue weighted by molar-refractivity contribution is -0.123. The summed E-state index contributed by atoms with van der Waals surface area (Å²) in [6, 6.07) is 6.80. The van der Waals surface area contributed by atoms with Crippen molar-refractivity contribution in [3.05, 3.63) is 40.1 Å². The maximum Gasteiger partial charge on any atom is 0.261 e. The van der Waals surface area contributed by atoms with Gasteiger partial charge in [-0.1, -0.05) is 6.07 Å². The van der Waals surface area contributed by atoms with E-state index in [-0.39, 0.29) is 19.0 Å². The monoisotopic (exact) mass is 391 g/mol. The van der Waals surface area contributed by atoms with E-state index in [0.29, 0.717) is 22.1 Å². The van der Waals surface area contributed by atoms with Gasteiger partial charge in [-0.3, -0.25) is 14.4 Å². The van der Waals surface area contributed by atoms with Gasteiger partial charge in [-0.2, -0.15) is 0 Å². The summed E-state index contributed by atoms with van der Waals surface area (Å²) in [6.45, 7) is 1.39. The van der Waals surface area contributed by atoms with Gasteiger partial charge in [-0.25, -0.2) is 0 Å². The van der Waals surface area contributed by atoms with Crippen molar-refractivity contribution in [1.82, 2.24) is 10.6 Å². The Morgan fingerprint density at radius 1 is 1.00 bits per heavy atom. The highest BCUT2D eigenvalue weighted by Gasteiger charge is 2.13. The molecule has 0 aliphatic rings. The van der Waals surface area contributed by atoms with Crippen LogP contribution in [0, 0.1) is 6.92 Å². The normalized spacial score (nSPS) is 10.0. The van der Waals surface area contributed by atoms with E-state index in [1.54, 1.807) is 29.6 Å². The van der Waals surface area contributed by atoms with Crippen LogP contribution >= 0.6 is 11.3 Å². The molecule has 0 radical (unpaired) electrons. The molecule has 0 bridgehead atoms. The van der Waals surface area contributed by atoms with Gasteiger partial charge in [0, 0.05) is 11.8 Å². The molecule has 0 aliphatic carbocycles. The van der Waals surface area contributed by atoms with Crippen LogP contribution in [0.2, 0.25) is 0 Å². The molecule has 1 heterocycles. The first-order chi connectivity index (χ1) is 12.9. The number of benzene rings is 1. The Balaban J connectivity index is 1.82. The minimum absolute atomic E-state index is 0.209. The van der Waals surface area contributed by atoms with E-state index in [2.05, 4.69) is 16.0 Å². The number of carbonyl (C=O) groups excluding carboxylic acids is 3. The third kappa shape index (κ3) is 5.71. The zero-order valence-electron chi connectivity index (χ0n) is 15.3. The molecule has 2 rings (SSSR count). The maximum absolute atomic E-state index is 12.1. The van der Waals surface area contributed by atoms with Crippen LogP contribution in [0.5, 0.6) is 11.5 Å². The SMILES string of the molecule is COc1cc(C)c(NC(=O)CNC(=O)CNC(=O)c2cccs2)cc1OC. The van der Waals surface area contributed by atoms with Crippen LogP contribution in [-0.4, -0.2) is 45.0 Å². The molecule has 9 heteroatoms. The van der Waals surface area contributed by atoms with Crippen LogP contribution < -0.4 is 25.4 Å². The Morgan fingerprint density at radius 2 is 1.67 bits per heavy atom. The first kappa shape index (κ1) is 20.2. The summed E-state index contributed by atoms with van der Waals surface area (Å²) in [7, 11) is 3.03. The first-order valence-corrected chi connectivity index (χ1v) is 8.93. The zero-order valence-corrected chi connectivity index (χ0v) is 16.1. The highest BCUT2D eigenvalue weighted by atomic mass is 32.1. The van der Waals surface area contributed by atoms with Gasteiger partial charge in [0.05, 0.1) is 32.2 Å². The lowest BCUT2D eigenvalue weighted by Crippen LogP contribution is -2.40. The lowest BCUT2D eigenvalue weighted by atomic mass is 10.1. The van der Waals surface area contributed by atoms with Crippen LogP contribution in [0.3, 0.4) is 0 Å². The van der Waals surface area contributed by atoms with Crippen LogP contribution in [0.1, 0.15) is 15.2 Å². The Hall–Kier alpha value is -3.07. The van der Waals surface area contributed by atoms with Crippen molar-refractivity contribution in [3.63, 3.8) is 0 Å². The Kier molecular flexibility index (Phi) is 7.18. The molecule has 3 N–H and O–H groups in total. The minimum Gasteiger partial charge on any atom is -0.493 e. The summed E-state index contributed by atoms with van der Waals surface area (Å²) in [5.41, 5.74) is 1.34. The molecule has 1 aromatic carbocycles. The summed E-state index contributed by atoms with van der Waals surface area (Å²) >= 11 is 1.28. The molecule has 0 aliphatic heterocycles. The highest BCUT2D eigenvalue weighted by Crippen LogP contribution is 2.32. The van der Waals surface area contributed by atoms with Crippen LogP contribution in [-0.2, 0) is 9.59 Å². The van der Waals surface area contributed by atoms with Crippen LogP contribution in [0.25, 0.3) is 0 Å². The number of hydrogen-bond acceptors (Lipinski definition) is 6. The number of aryl methyl sites for hydroxylation is 1. The van der Waals surface area contributed by atoms with Gasteiger partial charge in [0.15, 0.2) is 11.5 Å². The lowest BCUT2D eigenvalue weighted by Gasteiger charge is -2.14. The molecular formula is C18H21N3O5S. The van der Waals surface area contributed by atoms with Crippen molar-refractivity contribution < 1.29 is 23.9 Å². The number of hydrogen-bond donors (Lipinski definition) is 3. The Bertz CT molecular complexity index is 821. The third-order valence-electron chi connectivity index (χ3n) is 3.61. The quantitative estimate of drug-likeness (QED) is 0.633. The fourth-order valence-electron chi connectivity index (χ4n) is 2.21. The van der Waals surface area contributed by atoms with E-state index in [9.17, 15) is 14.4 Å². The van der Waals surface area contributed by atoms with Gasteiger partial charge in [-0.15, -0.1) is 11.3 Å². The summed E-state index contributed by atoms with van der Waals surface area (Å²) in [6.07, 6.45) is 0. The second-order valence-corrected chi connectivity index (χ2v) is 6.45. The van der Waals surface area contributed by atoms with Crippen LogP contribution in [0.4, 0.5) is 5.69 Å². The molecule has 1 aromatic heterocycles. The summed E-state index contributed by atoms with van der Waals surface area (Å²) in [4.78, 5) is 36.1. The zero-order chi connectivity index (χ0) is 19.8. The topological polar surface area (TPSA) is 106 Å². The van der Waals surface area contributed by atoms with Gasteiger partial charge in [0.2, 0.25) is 11.8 Å². The van der Waals surface area contributed by atoms with Crippen molar-refractivity contribution >= 4 is 34.7 Å². The molecule has 27 heavy (non-hydrogen) atoms. The number of anilines is 1. The van der Waals surface area contributed by atoms with Crippen molar-refractivity contribution in [2.24, 2.45) is 0 Å². The van der Waals surface area contributed by atoms with E-state index < -0.39 is 11.8 Å². The van der Waals surface area contributed by atoms with Crippen molar-refractivity contribution in [1.29, 1.82) is 0 Å². The average molecular weight is 391 g/mol. The van der Waals surface area contributed by atoms with Crippen molar-refractivity contribution in [2.45, 2.75) is 6.92 Å². The summed E-state index contributed by atoms with van der Waals surface area (Å²) < 4.78 is 10.4. The molecular weight excluding hydrogens is 370 g/mol. The molecule has 8 nitrogen and oxygen atoms in total. The number of methoxy groups -OCH3 is 2. The first-order valence-electron chi connectivity index (χ1n) is 8.05. The van der Waals surface area contributed by atoms with E-state index in [0.717, 1.165) is 5.56 Å². The largest absolute Gasteiger partial charge is 0.493 e. The van der Waals surface area contributed by atoms with Gasteiger partial charge >= 0.3 is 0 Å². The molecule has 0 saturated carbocycles. The molecule has 2 aromatic rings. The Labute approximate surface area is 160 Å². The van der Waals surface area contributed by atoms with E-state index in [4.69, 9.17) is 9.47 Å². The van der Waals surface area contributed by atoms with E-state index >= 15 is 0 Å². The van der Waals surface area contributed by atoms with Crippen LogP contribution in [0.15, 0.2) is 29.6 Å². The number of amides is 3. The fourth-order valence-corrected chi connectivity index (χ4v) is 2.85. The highest BCUT2D eigenvalue weighted by molar-refractivity contribution is 7.12. The minimum atomic E-state index is -0.459. The van der Waals surface area contributed by atoms with Gasteiger partial charge in [-0.05, 0) is 30.0 Å². The molecule has 0 atom stereocenters. The number of rotatable bonds is 8. The maximum atomic E-state index is 12.1. The number of ether oxygens (including phenoxy) is 2. The predicted molar refractivity (Wildman–Crippen MR) is 103 cm³/mol. The van der Waals surface area contributed by atoms with E-state index in [1.165, 1.54) is 25.6 Å². The van der Waals surface area contributed by atoms with Crippen molar-refractivity contribution in [3.8, 4) is 11.5 Å². The van der Waals surface area contributed by atoms with Crippen molar-refractivity contribution in [2.75, 3.05) is 32.6 Å². The number of nitrogens with one attached hydrogen (secondary N) is 3. The standard InChI is InChI=1S/C18H21N3O5S/c1-11-7-13(25-2)14(26-3)8-12(11)21-17(23)10-19-16(22)9-20-18(24)15-5-4-6-27-15/h4-8H,9-10H2,1-3H3,(H,19,22)(H,20,24)(H,21,23). The number of carbonyl (C=O) groups is 3. The molecule has 0 saturated heterocycles. The molecule has 0 fully saturated rings. The fraction of sp³-hybridized carbons (Fsp3) is 0.278. The van der Waals surface area contributed by atoms with Gasteiger partial charge < -0.3 is 25.4 Å². The summed E-state index contributed by atoms with van der Waals surface area (Å²) in [5, 5.41) is 9.43. The molecule has 144 valence electrons. The van der Waals surface area contributed by atoms with Gasteiger partial charge in [0.25, 0.3) is 5.91 Å². The number of thiophene rings is 1.